The molecule has 1 saturated carbocycles. The van der Waals surface area contributed by atoms with Crippen LogP contribution in [0.4, 0.5) is 0 Å². The molecule has 1 saturated heterocycles. The molecule has 1 heterocycles. The van der Waals surface area contributed by atoms with Gasteiger partial charge in [0.25, 0.3) is 0 Å². The molecule has 0 unspecified atom stereocenters. The van der Waals surface area contributed by atoms with Crippen molar-refractivity contribution >= 4 is 5.97 Å². The summed E-state index contributed by atoms with van der Waals surface area (Å²) in [7, 11) is 1.78. The van der Waals surface area contributed by atoms with Crippen molar-refractivity contribution in [1.29, 1.82) is 0 Å². The molecule has 1 aromatic carbocycles. The maximum Gasteiger partial charge on any atom is 0.309 e. The molecular weight excluding hydrogens is 300 g/mol. The Morgan fingerprint density at radius 2 is 2.08 bits per heavy atom. The predicted octanol–water partition coefficient (Wildman–Crippen LogP) is 4.14. The maximum absolute atomic E-state index is 12.0. The predicted molar refractivity (Wildman–Crippen MR) is 93.4 cm³/mol. The zero-order valence-corrected chi connectivity index (χ0v) is 15.0. The third-order valence-corrected chi connectivity index (χ3v) is 6.42. The molecule has 4 rings (SSSR count). The van der Waals surface area contributed by atoms with Gasteiger partial charge in [0, 0.05) is 16.9 Å². The Morgan fingerprint density at radius 1 is 1.29 bits per heavy atom. The number of fused-ring (bicyclic) bond motifs is 5. The zero-order valence-electron chi connectivity index (χ0n) is 15.0. The van der Waals surface area contributed by atoms with Crippen molar-refractivity contribution in [2.24, 2.45) is 11.8 Å². The van der Waals surface area contributed by atoms with E-state index in [0.717, 1.165) is 25.0 Å². The summed E-state index contributed by atoms with van der Waals surface area (Å²) in [6.45, 7) is 7.32. The Hall–Kier alpha value is -1.77. The fourth-order valence-electron chi connectivity index (χ4n) is 5.12. The van der Waals surface area contributed by atoms with Crippen LogP contribution in [-0.2, 0) is 21.4 Å². The topological polar surface area (TPSA) is 35.5 Å². The fourth-order valence-corrected chi connectivity index (χ4v) is 5.12. The van der Waals surface area contributed by atoms with E-state index in [1.807, 2.05) is 0 Å². The largest absolute Gasteiger partial charge is 0.496 e. The quantitative estimate of drug-likeness (QED) is 0.605. The molecule has 2 aliphatic carbocycles. The van der Waals surface area contributed by atoms with Crippen molar-refractivity contribution < 1.29 is 14.3 Å². The summed E-state index contributed by atoms with van der Waals surface area (Å²) in [5, 5.41) is 0. The van der Waals surface area contributed by atoms with E-state index in [4.69, 9.17) is 9.47 Å². The molecule has 24 heavy (non-hydrogen) atoms. The van der Waals surface area contributed by atoms with E-state index in [0.29, 0.717) is 12.5 Å². The van der Waals surface area contributed by atoms with E-state index < -0.39 is 0 Å². The summed E-state index contributed by atoms with van der Waals surface area (Å²) >= 11 is 0. The molecule has 128 valence electrons. The Kier molecular flexibility index (Phi) is 3.52. The third kappa shape index (κ3) is 2.00. The first-order chi connectivity index (χ1) is 11.5. The van der Waals surface area contributed by atoms with Gasteiger partial charge in [-0.3, -0.25) is 4.79 Å². The normalized spacial score (nSPS) is 31.0. The summed E-state index contributed by atoms with van der Waals surface area (Å²) in [6.07, 6.45) is 5.17. The van der Waals surface area contributed by atoms with Gasteiger partial charge < -0.3 is 9.47 Å². The first-order valence-electron chi connectivity index (χ1n) is 9.04. The molecular formula is C21H26O3. The SMILES string of the molecule is COc1c(C(C)C)ccc2c1CC=C1[C@H]3COC(=O)[C@H]3CC[C@@]12C. The van der Waals surface area contributed by atoms with Gasteiger partial charge in [0.2, 0.25) is 0 Å². The van der Waals surface area contributed by atoms with Crippen molar-refractivity contribution in [3.05, 3.63) is 40.5 Å². The molecule has 0 aromatic heterocycles. The van der Waals surface area contributed by atoms with E-state index in [9.17, 15) is 4.79 Å². The monoisotopic (exact) mass is 326 g/mol. The number of methoxy groups -OCH3 is 1. The second-order valence-corrected chi connectivity index (χ2v) is 7.95. The highest BCUT2D eigenvalue weighted by Crippen LogP contribution is 2.55. The first kappa shape index (κ1) is 15.7. The second-order valence-electron chi connectivity index (χ2n) is 7.95. The van der Waals surface area contributed by atoms with Crippen molar-refractivity contribution in [1.82, 2.24) is 0 Å². The number of esters is 1. The number of cyclic esters (lactones) is 1. The lowest BCUT2D eigenvalue weighted by Crippen LogP contribution is -2.40. The van der Waals surface area contributed by atoms with Crippen LogP contribution in [0.2, 0.25) is 0 Å². The van der Waals surface area contributed by atoms with Crippen LogP contribution in [0.15, 0.2) is 23.8 Å². The first-order valence-corrected chi connectivity index (χ1v) is 9.04. The number of hydrogen-bond donors (Lipinski definition) is 0. The van der Waals surface area contributed by atoms with Crippen LogP contribution in [-0.4, -0.2) is 19.7 Å². The Morgan fingerprint density at radius 3 is 2.79 bits per heavy atom. The average Bonchev–Trinajstić information content (AvgIpc) is 2.94. The summed E-state index contributed by atoms with van der Waals surface area (Å²) < 4.78 is 11.2. The van der Waals surface area contributed by atoms with Crippen molar-refractivity contribution in [2.75, 3.05) is 13.7 Å². The number of carbonyl (C=O) groups excluding carboxylic acids is 1. The number of carbonyl (C=O) groups is 1. The minimum atomic E-state index is 0.00137. The van der Waals surface area contributed by atoms with Crippen LogP contribution < -0.4 is 4.74 Å². The van der Waals surface area contributed by atoms with Gasteiger partial charge in [0.15, 0.2) is 0 Å². The van der Waals surface area contributed by atoms with Gasteiger partial charge >= 0.3 is 5.97 Å². The van der Waals surface area contributed by atoms with Crippen LogP contribution in [0.3, 0.4) is 0 Å². The van der Waals surface area contributed by atoms with E-state index in [1.54, 1.807) is 7.11 Å². The number of benzene rings is 1. The molecule has 3 aliphatic rings. The van der Waals surface area contributed by atoms with Crippen LogP contribution >= 0.6 is 0 Å². The third-order valence-electron chi connectivity index (χ3n) is 6.42. The molecule has 0 bridgehead atoms. The van der Waals surface area contributed by atoms with E-state index in [2.05, 4.69) is 39.0 Å². The highest BCUT2D eigenvalue weighted by Gasteiger charge is 2.51. The molecule has 3 atom stereocenters. The van der Waals surface area contributed by atoms with E-state index in [1.165, 1.54) is 22.3 Å². The molecule has 1 aliphatic heterocycles. The molecule has 3 heteroatoms. The summed E-state index contributed by atoms with van der Waals surface area (Å²) in [6, 6.07) is 4.54. The standard InChI is InChI=1S/C21H26O3/c1-12(2)13-5-7-17-15(19(13)23-4)6-8-18-16-11-24-20(22)14(16)9-10-21(17,18)3/h5,7-8,12,14,16H,6,9-11H2,1-4H3/t14-,16-,21+/m0/s1. The lowest BCUT2D eigenvalue weighted by molar-refractivity contribution is -0.141. The fraction of sp³-hybridized carbons (Fsp3) is 0.571. The Labute approximate surface area is 144 Å². The van der Waals surface area contributed by atoms with Gasteiger partial charge in [-0.2, -0.15) is 0 Å². The van der Waals surface area contributed by atoms with Crippen LogP contribution in [0.5, 0.6) is 5.75 Å². The molecule has 0 amide bonds. The number of allylic oxidation sites excluding steroid dienone is 1. The van der Waals surface area contributed by atoms with Crippen molar-refractivity contribution in [3.63, 3.8) is 0 Å². The van der Waals surface area contributed by atoms with Crippen molar-refractivity contribution in [2.45, 2.75) is 51.4 Å². The second kappa shape index (κ2) is 5.37. The van der Waals surface area contributed by atoms with Gasteiger partial charge in [-0.15, -0.1) is 0 Å². The molecule has 1 aromatic rings. The van der Waals surface area contributed by atoms with Crippen LogP contribution in [0.25, 0.3) is 0 Å². The summed E-state index contributed by atoms with van der Waals surface area (Å²) in [5.74, 6) is 1.84. The van der Waals surface area contributed by atoms with Crippen molar-refractivity contribution in [3.8, 4) is 5.75 Å². The van der Waals surface area contributed by atoms with Crippen LogP contribution in [0, 0.1) is 11.8 Å². The number of ether oxygens (including phenoxy) is 2. The van der Waals surface area contributed by atoms with Gasteiger partial charge in [-0.1, -0.05) is 44.6 Å². The molecule has 3 nitrogen and oxygen atoms in total. The highest BCUT2D eigenvalue weighted by atomic mass is 16.5. The van der Waals surface area contributed by atoms with E-state index in [-0.39, 0.29) is 23.2 Å². The highest BCUT2D eigenvalue weighted by molar-refractivity contribution is 5.76. The van der Waals surface area contributed by atoms with Crippen LogP contribution in [0.1, 0.15) is 56.2 Å². The smallest absolute Gasteiger partial charge is 0.309 e. The zero-order chi connectivity index (χ0) is 17.1. The summed E-state index contributed by atoms with van der Waals surface area (Å²) in [5.41, 5.74) is 5.42. The minimum absolute atomic E-state index is 0.00137. The maximum atomic E-state index is 12.0. The average molecular weight is 326 g/mol. The molecule has 2 fully saturated rings. The summed E-state index contributed by atoms with van der Waals surface area (Å²) in [4.78, 5) is 12.0. The minimum Gasteiger partial charge on any atom is -0.496 e. The Bertz CT molecular complexity index is 731. The molecule has 0 radical (unpaired) electrons. The van der Waals surface area contributed by atoms with Gasteiger partial charge in [-0.25, -0.2) is 0 Å². The van der Waals surface area contributed by atoms with Gasteiger partial charge in [0.1, 0.15) is 5.75 Å². The number of rotatable bonds is 2. The molecule has 0 spiro atoms. The van der Waals surface area contributed by atoms with E-state index >= 15 is 0 Å². The lowest BCUT2D eigenvalue weighted by Gasteiger charge is -2.45. The van der Waals surface area contributed by atoms with Gasteiger partial charge in [-0.05, 0) is 36.3 Å². The molecule has 0 N–H and O–H groups in total. The number of hydrogen-bond acceptors (Lipinski definition) is 3. The Balaban J connectivity index is 1.83. The van der Waals surface area contributed by atoms with Gasteiger partial charge in [0.05, 0.1) is 19.6 Å². The lowest BCUT2D eigenvalue weighted by atomic mass is 9.57.